The highest BCUT2D eigenvalue weighted by Gasteiger charge is 2.24. The standard InChI is InChI=1S/C21H22BrN3O2S/c1-13-10-15(11-14(2)19(13)22)23-21-24-20(26)17(28-21)12-16-6-7-18(27-16)25-8-4-3-5-9-25/h6-7,10-12H,3-5,8-9H2,1-2H3,(H,23,24,26)/b17-12-. The van der Waals surface area contributed by atoms with Gasteiger partial charge in [0.2, 0.25) is 0 Å². The zero-order valence-corrected chi connectivity index (χ0v) is 18.3. The minimum atomic E-state index is -0.148. The van der Waals surface area contributed by atoms with Crippen molar-refractivity contribution < 1.29 is 9.21 Å². The van der Waals surface area contributed by atoms with Gasteiger partial charge < -0.3 is 14.6 Å². The molecule has 2 saturated heterocycles. The molecule has 0 radical (unpaired) electrons. The fraction of sp³-hybridized carbons (Fsp3) is 0.333. The number of rotatable bonds is 3. The molecule has 1 amide bonds. The highest BCUT2D eigenvalue weighted by Crippen LogP contribution is 2.32. The second-order valence-corrected chi connectivity index (χ2v) is 8.92. The lowest BCUT2D eigenvalue weighted by atomic mass is 10.1. The summed E-state index contributed by atoms with van der Waals surface area (Å²) in [4.78, 5) is 19.8. The molecule has 1 N–H and O–H groups in total. The van der Waals surface area contributed by atoms with Gasteiger partial charge in [0.15, 0.2) is 11.1 Å². The van der Waals surface area contributed by atoms with Crippen LogP contribution < -0.4 is 10.2 Å². The molecule has 5 nitrogen and oxygen atoms in total. The van der Waals surface area contributed by atoms with Crippen molar-refractivity contribution in [3.05, 3.63) is 50.5 Å². The number of piperidine rings is 1. The smallest absolute Gasteiger partial charge is 0.264 e. The number of nitrogens with one attached hydrogen (secondary N) is 1. The summed E-state index contributed by atoms with van der Waals surface area (Å²) in [5.41, 5.74) is 3.06. The largest absolute Gasteiger partial charge is 0.441 e. The van der Waals surface area contributed by atoms with Gasteiger partial charge in [0, 0.05) is 29.7 Å². The number of hydrogen-bond donors (Lipinski definition) is 1. The van der Waals surface area contributed by atoms with Gasteiger partial charge in [0.25, 0.3) is 5.91 Å². The van der Waals surface area contributed by atoms with Crippen molar-refractivity contribution in [3.63, 3.8) is 0 Å². The van der Waals surface area contributed by atoms with E-state index in [-0.39, 0.29) is 5.91 Å². The number of hydrogen-bond acceptors (Lipinski definition) is 5. The summed E-state index contributed by atoms with van der Waals surface area (Å²) in [5, 5.41) is 3.42. The molecule has 2 aromatic rings. The van der Waals surface area contributed by atoms with Gasteiger partial charge in [-0.2, -0.15) is 0 Å². The summed E-state index contributed by atoms with van der Waals surface area (Å²) in [5.74, 6) is 1.42. The quantitative estimate of drug-likeness (QED) is 0.611. The maximum absolute atomic E-state index is 12.3. The van der Waals surface area contributed by atoms with Gasteiger partial charge in [-0.05, 0) is 74.2 Å². The molecule has 146 valence electrons. The summed E-state index contributed by atoms with van der Waals surface area (Å²) >= 11 is 4.90. The zero-order chi connectivity index (χ0) is 19.7. The molecule has 28 heavy (non-hydrogen) atoms. The lowest BCUT2D eigenvalue weighted by Crippen LogP contribution is -2.28. The number of furan rings is 1. The van der Waals surface area contributed by atoms with Gasteiger partial charge in [-0.25, -0.2) is 4.99 Å². The molecule has 3 heterocycles. The highest BCUT2D eigenvalue weighted by atomic mass is 79.9. The van der Waals surface area contributed by atoms with E-state index >= 15 is 0 Å². The number of amides is 1. The second-order valence-electron chi connectivity index (χ2n) is 7.10. The van der Waals surface area contributed by atoms with Crippen LogP contribution >= 0.6 is 27.7 Å². The van der Waals surface area contributed by atoms with Gasteiger partial charge in [0.1, 0.15) is 5.76 Å². The summed E-state index contributed by atoms with van der Waals surface area (Å²) in [6.45, 7) is 6.12. The fourth-order valence-corrected chi connectivity index (χ4v) is 4.47. The van der Waals surface area contributed by atoms with E-state index < -0.39 is 0 Å². The topological polar surface area (TPSA) is 57.8 Å². The molecule has 2 fully saturated rings. The number of carbonyl (C=O) groups excluding carboxylic acids is 1. The van der Waals surface area contributed by atoms with Crippen molar-refractivity contribution >= 4 is 56.4 Å². The van der Waals surface area contributed by atoms with E-state index in [1.165, 1.54) is 31.0 Å². The van der Waals surface area contributed by atoms with Gasteiger partial charge >= 0.3 is 0 Å². The molecule has 2 aliphatic rings. The second kappa shape index (κ2) is 8.17. The van der Waals surface area contributed by atoms with Gasteiger partial charge in [-0.3, -0.25) is 4.79 Å². The van der Waals surface area contributed by atoms with Gasteiger partial charge in [-0.15, -0.1) is 0 Å². The monoisotopic (exact) mass is 459 g/mol. The van der Waals surface area contributed by atoms with Crippen molar-refractivity contribution in [2.24, 2.45) is 4.99 Å². The summed E-state index contributed by atoms with van der Waals surface area (Å²) in [6, 6.07) is 7.89. The lowest BCUT2D eigenvalue weighted by molar-refractivity contribution is -0.115. The Morgan fingerprint density at radius 2 is 1.89 bits per heavy atom. The lowest BCUT2D eigenvalue weighted by Gasteiger charge is -2.25. The van der Waals surface area contributed by atoms with Crippen LogP contribution in [0.4, 0.5) is 11.6 Å². The van der Waals surface area contributed by atoms with Crippen LogP contribution in [0.1, 0.15) is 36.1 Å². The Balaban J connectivity index is 1.51. The molecule has 7 heteroatoms. The Bertz CT molecular complexity index is 951. The molecule has 0 unspecified atom stereocenters. The van der Waals surface area contributed by atoms with Crippen LogP contribution in [0.25, 0.3) is 6.08 Å². The van der Waals surface area contributed by atoms with Crippen LogP contribution in [0, 0.1) is 13.8 Å². The first-order valence-electron chi connectivity index (χ1n) is 9.41. The van der Waals surface area contributed by atoms with Crippen molar-refractivity contribution in [3.8, 4) is 0 Å². The molecule has 1 aromatic heterocycles. The van der Waals surface area contributed by atoms with Crippen molar-refractivity contribution in [1.29, 1.82) is 0 Å². The molecule has 2 aliphatic heterocycles. The van der Waals surface area contributed by atoms with Crippen molar-refractivity contribution in [2.75, 3.05) is 18.0 Å². The minimum Gasteiger partial charge on any atom is -0.441 e. The summed E-state index contributed by atoms with van der Waals surface area (Å²) < 4.78 is 7.03. The zero-order valence-electron chi connectivity index (χ0n) is 15.9. The van der Waals surface area contributed by atoms with Crippen LogP contribution in [0.15, 0.2) is 43.1 Å². The molecule has 1 aromatic carbocycles. The third-order valence-electron chi connectivity index (χ3n) is 4.86. The van der Waals surface area contributed by atoms with Crippen LogP contribution in [0.5, 0.6) is 0 Å². The van der Waals surface area contributed by atoms with E-state index in [0.717, 1.165) is 40.3 Å². The van der Waals surface area contributed by atoms with E-state index in [1.54, 1.807) is 6.08 Å². The highest BCUT2D eigenvalue weighted by molar-refractivity contribution is 9.10. The van der Waals surface area contributed by atoms with Gasteiger partial charge in [-0.1, -0.05) is 15.9 Å². The van der Waals surface area contributed by atoms with Crippen molar-refractivity contribution in [1.82, 2.24) is 5.32 Å². The molecule has 0 saturated carbocycles. The number of amidine groups is 1. The Morgan fingerprint density at radius 3 is 2.61 bits per heavy atom. The molecule has 0 spiro atoms. The SMILES string of the molecule is Cc1cc(N=C2NC(=O)/C(=C/c3ccc(N4CCCCC4)o3)S2)cc(C)c1Br. The van der Waals surface area contributed by atoms with Crippen LogP contribution in [0.3, 0.4) is 0 Å². The third kappa shape index (κ3) is 4.20. The predicted molar refractivity (Wildman–Crippen MR) is 119 cm³/mol. The molecular weight excluding hydrogens is 438 g/mol. The minimum absolute atomic E-state index is 0.148. The molecule has 4 rings (SSSR count). The Morgan fingerprint density at radius 1 is 1.18 bits per heavy atom. The van der Waals surface area contributed by atoms with E-state index in [2.05, 4.69) is 31.1 Å². The van der Waals surface area contributed by atoms with E-state index in [1.807, 2.05) is 38.1 Å². The Hall–Kier alpha value is -1.99. The van der Waals surface area contributed by atoms with E-state index in [0.29, 0.717) is 15.8 Å². The van der Waals surface area contributed by atoms with E-state index in [9.17, 15) is 4.79 Å². The summed E-state index contributed by atoms with van der Waals surface area (Å²) in [7, 11) is 0. The van der Waals surface area contributed by atoms with Crippen molar-refractivity contribution in [2.45, 2.75) is 33.1 Å². The number of anilines is 1. The van der Waals surface area contributed by atoms with E-state index in [4.69, 9.17) is 4.42 Å². The number of aryl methyl sites for hydroxylation is 2. The number of aliphatic imine (C=N–C) groups is 1. The normalized spacial score (nSPS) is 20.2. The molecular formula is C21H22BrN3O2S. The maximum Gasteiger partial charge on any atom is 0.264 e. The molecule has 0 atom stereocenters. The Kier molecular flexibility index (Phi) is 5.64. The van der Waals surface area contributed by atoms with Crippen LogP contribution in [0.2, 0.25) is 0 Å². The number of halogens is 1. The number of carbonyl (C=O) groups is 1. The van der Waals surface area contributed by atoms with Crippen LogP contribution in [-0.2, 0) is 4.79 Å². The van der Waals surface area contributed by atoms with Crippen LogP contribution in [-0.4, -0.2) is 24.2 Å². The summed E-state index contributed by atoms with van der Waals surface area (Å²) in [6.07, 6.45) is 5.47. The number of benzene rings is 1. The fourth-order valence-electron chi connectivity index (χ4n) is 3.42. The first-order chi connectivity index (χ1) is 13.5. The Labute approximate surface area is 177 Å². The number of thioether (sulfide) groups is 1. The van der Waals surface area contributed by atoms with Gasteiger partial charge in [0.05, 0.1) is 10.6 Å². The predicted octanol–water partition coefficient (Wildman–Crippen LogP) is 5.54. The maximum atomic E-state index is 12.3. The molecule has 0 bridgehead atoms. The number of nitrogens with zero attached hydrogens (tertiary/aromatic N) is 2. The average Bonchev–Trinajstić information content (AvgIpc) is 3.27. The average molecular weight is 460 g/mol. The first kappa shape index (κ1) is 19.3. The first-order valence-corrected chi connectivity index (χ1v) is 11.0. The molecule has 0 aliphatic carbocycles. The third-order valence-corrected chi connectivity index (χ3v) is 7.02.